The van der Waals surface area contributed by atoms with Gasteiger partial charge in [-0.2, -0.15) is 0 Å². The Hall–Kier alpha value is -1.11. The highest BCUT2D eigenvalue weighted by Crippen LogP contribution is 2.14. The molecular formula is C10H15BFNO3. The molecule has 0 aliphatic heterocycles. The Morgan fingerprint density at radius 1 is 1.38 bits per heavy atom. The van der Waals surface area contributed by atoms with Gasteiger partial charge < -0.3 is 19.7 Å². The molecule has 0 aliphatic carbocycles. The molecule has 1 aromatic rings. The molecule has 16 heavy (non-hydrogen) atoms. The topological polar surface area (TPSA) is 52.9 Å². The summed E-state index contributed by atoms with van der Waals surface area (Å²) in [6, 6.07) is 3.86. The monoisotopic (exact) mass is 227 g/mol. The van der Waals surface area contributed by atoms with Gasteiger partial charge in [0.05, 0.1) is 0 Å². The van der Waals surface area contributed by atoms with Crippen LogP contribution < -0.4 is 10.2 Å². The normalized spacial score (nSPS) is 10.6. The van der Waals surface area contributed by atoms with Crippen LogP contribution >= 0.6 is 0 Å². The second kappa shape index (κ2) is 5.84. The molecule has 4 nitrogen and oxygen atoms in total. The lowest BCUT2D eigenvalue weighted by Crippen LogP contribution is -2.30. The number of likely N-dealkylation sites (N-methyl/N-ethyl adjacent to an activating group) is 1. The van der Waals surface area contributed by atoms with Crippen LogP contribution in [-0.2, 0) is 0 Å². The van der Waals surface area contributed by atoms with E-state index in [0.717, 1.165) is 6.07 Å². The molecule has 0 saturated heterocycles. The van der Waals surface area contributed by atoms with Crippen molar-refractivity contribution >= 4 is 12.6 Å². The molecule has 0 radical (unpaired) electrons. The van der Waals surface area contributed by atoms with E-state index in [2.05, 4.69) is 0 Å². The second-order valence-electron chi connectivity index (χ2n) is 3.72. The minimum atomic E-state index is -1.66. The molecule has 88 valence electrons. The first-order chi connectivity index (χ1) is 7.50. The fourth-order valence-electron chi connectivity index (χ4n) is 1.13. The summed E-state index contributed by atoms with van der Waals surface area (Å²) in [4.78, 5) is 1.92. The summed E-state index contributed by atoms with van der Waals surface area (Å²) in [6.07, 6.45) is 0. The summed E-state index contributed by atoms with van der Waals surface area (Å²) in [6.45, 7) is 1.06. The quantitative estimate of drug-likeness (QED) is 0.662. The number of benzene rings is 1. The zero-order valence-electron chi connectivity index (χ0n) is 9.35. The molecule has 0 heterocycles. The van der Waals surface area contributed by atoms with E-state index in [4.69, 9.17) is 14.8 Å². The standard InChI is InChI=1S/C10H15BFNO3/c1-13(2)5-6-16-10-4-3-8(11(14)15)7-9(10)12/h3-4,7,14-15H,5-6H2,1-2H3. The lowest BCUT2D eigenvalue weighted by atomic mass is 9.80. The van der Waals surface area contributed by atoms with Gasteiger partial charge in [0.25, 0.3) is 0 Å². The first kappa shape index (κ1) is 13.0. The van der Waals surface area contributed by atoms with E-state index in [1.807, 2.05) is 19.0 Å². The Bertz CT molecular complexity index is 347. The Labute approximate surface area is 94.4 Å². The summed E-state index contributed by atoms with van der Waals surface area (Å²) in [5.74, 6) is -0.476. The molecule has 0 amide bonds. The van der Waals surface area contributed by atoms with Crippen LogP contribution in [0.25, 0.3) is 0 Å². The Morgan fingerprint density at radius 2 is 2.06 bits per heavy atom. The van der Waals surface area contributed by atoms with Crippen LogP contribution in [-0.4, -0.2) is 49.3 Å². The summed E-state index contributed by atoms with van der Waals surface area (Å²) in [5.41, 5.74) is 0.109. The summed E-state index contributed by atoms with van der Waals surface area (Å²) < 4.78 is 18.6. The minimum absolute atomic E-state index is 0.109. The van der Waals surface area contributed by atoms with Gasteiger partial charge in [0.2, 0.25) is 0 Å². The van der Waals surface area contributed by atoms with Crippen LogP contribution in [0.4, 0.5) is 4.39 Å². The minimum Gasteiger partial charge on any atom is -0.489 e. The number of hydrogen-bond donors (Lipinski definition) is 2. The van der Waals surface area contributed by atoms with Gasteiger partial charge >= 0.3 is 7.12 Å². The lowest BCUT2D eigenvalue weighted by molar-refractivity contribution is 0.252. The fraction of sp³-hybridized carbons (Fsp3) is 0.400. The summed E-state index contributed by atoms with van der Waals surface area (Å²) in [7, 11) is 2.13. The lowest BCUT2D eigenvalue weighted by Gasteiger charge is -2.12. The molecule has 0 fully saturated rings. The third kappa shape index (κ3) is 3.81. The smallest absolute Gasteiger partial charge is 0.488 e. The highest BCUT2D eigenvalue weighted by Gasteiger charge is 2.13. The van der Waals surface area contributed by atoms with Gasteiger partial charge in [0.15, 0.2) is 11.6 Å². The van der Waals surface area contributed by atoms with E-state index in [0.29, 0.717) is 13.2 Å². The van der Waals surface area contributed by atoms with Gasteiger partial charge in [0, 0.05) is 6.54 Å². The Balaban J connectivity index is 2.61. The predicted octanol–water partition coefficient (Wildman–Crippen LogP) is -0.554. The van der Waals surface area contributed by atoms with Crippen molar-refractivity contribution in [1.29, 1.82) is 0 Å². The molecule has 0 unspecified atom stereocenters. The van der Waals surface area contributed by atoms with Crippen molar-refractivity contribution in [3.8, 4) is 5.75 Å². The van der Waals surface area contributed by atoms with Gasteiger partial charge in [-0.15, -0.1) is 0 Å². The van der Waals surface area contributed by atoms with Crippen LogP contribution in [0.3, 0.4) is 0 Å². The zero-order valence-corrected chi connectivity index (χ0v) is 9.35. The van der Waals surface area contributed by atoms with Crippen LogP contribution in [0.5, 0.6) is 5.75 Å². The van der Waals surface area contributed by atoms with E-state index in [9.17, 15) is 4.39 Å². The van der Waals surface area contributed by atoms with Crippen LogP contribution in [0.1, 0.15) is 0 Å². The van der Waals surface area contributed by atoms with Crippen LogP contribution in [0.15, 0.2) is 18.2 Å². The number of hydrogen-bond acceptors (Lipinski definition) is 4. The molecular weight excluding hydrogens is 212 g/mol. The van der Waals surface area contributed by atoms with Crippen molar-refractivity contribution in [2.24, 2.45) is 0 Å². The molecule has 0 spiro atoms. The van der Waals surface area contributed by atoms with Crippen molar-refractivity contribution in [3.63, 3.8) is 0 Å². The largest absolute Gasteiger partial charge is 0.489 e. The van der Waals surface area contributed by atoms with Gasteiger partial charge in [-0.3, -0.25) is 0 Å². The Kier molecular flexibility index (Phi) is 4.73. The highest BCUT2D eigenvalue weighted by atomic mass is 19.1. The Morgan fingerprint density at radius 3 is 2.56 bits per heavy atom. The average Bonchev–Trinajstić information content (AvgIpc) is 2.19. The summed E-state index contributed by atoms with van der Waals surface area (Å²) in [5, 5.41) is 17.7. The maximum Gasteiger partial charge on any atom is 0.488 e. The van der Waals surface area contributed by atoms with Crippen molar-refractivity contribution in [1.82, 2.24) is 4.90 Å². The van der Waals surface area contributed by atoms with E-state index in [-0.39, 0.29) is 11.2 Å². The number of halogens is 1. The SMILES string of the molecule is CN(C)CCOc1ccc(B(O)O)cc1F. The van der Waals surface area contributed by atoms with Crippen molar-refractivity contribution < 1.29 is 19.2 Å². The number of rotatable bonds is 5. The molecule has 0 bridgehead atoms. The van der Waals surface area contributed by atoms with Crippen molar-refractivity contribution in [3.05, 3.63) is 24.0 Å². The molecule has 0 saturated carbocycles. The summed E-state index contributed by atoms with van der Waals surface area (Å²) >= 11 is 0. The van der Waals surface area contributed by atoms with E-state index < -0.39 is 12.9 Å². The highest BCUT2D eigenvalue weighted by molar-refractivity contribution is 6.58. The van der Waals surface area contributed by atoms with E-state index in [1.165, 1.54) is 12.1 Å². The van der Waals surface area contributed by atoms with E-state index >= 15 is 0 Å². The molecule has 0 atom stereocenters. The van der Waals surface area contributed by atoms with Crippen molar-refractivity contribution in [2.75, 3.05) is 27.2 Å². The first-order valence-corrected chi connectivity index (χ1v) is 4.94. The number of nitrogens with zero attached hydrogens (tertiary/aromatic N) is 1. The molecule has 0 aromatic heterocycles. The van der Waals surface area contributed by atoms with Crippen LogP contribution in [0.2, 0.25) is 0 Å². The predicted molar refractivity (Wildman–Crippen MR) is 60.3 cm³/mol. The molecule has 2 N–H and O–H groups in total. The first-order valence-electron chi connectivity index (χ1n) is 4.94. The van der Waals surface area contributed by atoms with Gasteiger partial charge in [0.1, 0.15) is 6.61 Å². The maximum absolute atomic E-state index is 13.4. The van der Waals surface area contributed by atoms with E-state index in [1.54, 1.807) is 0 Å². The second-order valence-corrected chi connectivity index (χ2v) is 3.72. The fourth-order valence-corrected chi connectivity index (χ4v) is 1.13. The van der Waals surface area contributed by atoms with Crippen LogP contribution in [0, 0.1) is 5.82 Å². The van der Waals surface area contributed by atoms with Gasteiger partial charge in [-0.1, -0.05) is 6.07 Å². The zero-order chi connectivity index (χ0) is 12.1. The number of ether oxygens (including phenoxy) is 1. The van der Waals surface area contributed by atoms with Gasteiger partial charge in [-0.05, 0) is 31.7 Å². The molecule has 6 heteroatoms. The molecule has 1 rings (SSSR count). The average molecular weight is 227 g/mol. The molecule has 0 aliphatic rings. The maximum atomic E-state index is 13.4. The third-order valence-corrected chi connectivity index (χ3v) is 2.05. The third-order valence-electron chi connectivity index (χ3n) is 2.05. The molecule has 1 aromatic carbocycles. The van der Waals surface area contributed by atoms with Crippen molar-refractivity contribution in [2.45, 2.75) is 0 Å². The van der Waals surface area contributed by atoms with Gasteiger partial charge in [-0.25, -0.2) is 4.39 Å².